The fraction of sp³-hybridized carbons (Fsp3) is 0.167. The molecule has 1 amide bonds. The molecule has 0 aliphatic carbocycles. The highest BCUT2D eigenvalue weighted by Crippen LogP contribution is 2.26. The Balaban J connectivity index is 1.44. The lowest BCUT2D eigenvalue weighted by atomic mass is 10.3. The van der Waals surface area contributed by atoms with Crippen molar-refractivity contribution in [3.8, 4) is 0 Å². The first-order chi connectivity index (χ1) is 12.1. The van der Waals surface area contributed by atoms with Crippen molar-refractivity contribution in [1.29, 1.82) is 0 Å². The van der Waals surface area contributed by atoms with Gasteiger partial charge < -0.3 is 9.88 Å². The number of benzene rings is 2. The summed E-state index contributed by atoms with van der Waals surface area (Å²) in [5.41, 5.74) is 3.77. The highest BCUT2D eigenvalue weighted by atomic mass is 32.2. The number of aromatic nitrogens is 3. The maximum atomic E-state index is 12.3. The number of nitrogens with zero attached hydrogens (tertiary/aromatic N) is 3. The first-order valence-electron chi connectivity index (χ1n) is 7.81. The molecule has 7 heteroatoms. The van der Waals surface area contributed by atoms with Crippen LogP contribution in [0, 0.1) is 6.92 Å². The van der Waals surface area contributed by atoms with E-state index in [1.165, 1.54) is 11.8 Å². The van der Waals surface area contributed by atoms with Crippen LogP contribution in [-0.2, 0) is 11.8 Å². The average Bonchev–Trinajstić information content (AvgIpc) is 3.12. The molecular formula is C18H16N4OS2. The Labute approximate surface area is 153 Å². The molecule has 2 aromatic carbocycles. The molecule has 126 valence electrons. The van der Waals surface area contributed by atoms with Gasteiger partial charge in [0.1, 0.15) is 0 Å². The quantitative estimate of drug-likeness (QED) is 0.548. The second kappa shape index (κ2) is 6.50. The molecule has 0 aliphatic heterocycles. The number of anilines is 1. The van der Waals surface area contributed by atoms with Gasteiger partial charge >= 0.3 is 0 Å². The van der Waals surface area contributed by atoms with Crippen LogP contribution in [0.15, 0.2) is 47.6 Å². The number of fused-ring (bicyclic) bond motifs is 2. The van der Waals surface area contributed by atoms with Crippen molar-refractivity contribution >= 4 is 55.9 Å². The SMILES string of the molecule is Cc1nc2ccc(NC(=O)CSc3nc4ccccc4n3C)cc2s1. The standard InChI is InChI=1S/C18H16N4OS2/c1-11-19-14-8-7-12(9-16(14)25-11)20-17(23)10-24-18-21-13-5-3-4-6-15(13)22(18)2/h3-9H,10H2,1-2H3,(H,20,23). The van der Waals surface area contributed by atoms with Crippen LogP contribution in [0.3, 0.4) is 0 Å². The third kappa shape index (κ3) is 3.25. The van der Waals surface area contributed by atoms with Crippen LogP contribution in [-0.4, -0.2) is 26.2 Å². The van der Waals surface area contributed by atoms with Crippen LogP contribution in [0.4, 0.5) is 5.69 Å². The number of para-hydroxylation sites is 2. The largest absolute Gasteiger partial charge is 0.325 e. The van der Waals surface area contributed by atoms with Gasteiger partial charge in [0.2, 0.25) is 5.91 Å². The summed E-state index contributed by atoms with van der Waals surface area (Å²) in [7, 11) is 1.97. The van der Waals surface area contributed by atoms with E-state index in [2.05, 4.69) is 15.3 Å². The van der Waals surface area contributed by atoms with Gasteiger partial charge in [-0.3, -0.25) is 4.79 Å². The van der Waals surface area contributed by atoms with Gasteiger partial charge in [-0.05, 0) is 37.3 Å². The lowest BCUT2D eigenvalue weighted by Gasteiger charge is -2.05. The number of thioether (sulfide) groups is 1. The van der Waals surface area contributed by atoms with Crippen molar-refractivity contribution in [1.82, 2.24) is 14.5 Å². The zero-order valence-corrected chi connectivity index (χ0v) is 15.4. The Bertz CT molecular complexity index is 1080. The maximum absolute atomic E-state index is 12.3. The van der Waals surface area contributed by atoms with Crippen molar-refractivity contribution in [3.63, 3.8) is 0 Å². The third-order valence-electron chi connectivity index (χ3n) is 3.86. The van der Waals surface area contributed by atoms with E-state index in [0.29, 0.717) is 5.75 Å². The van der Waals surface area contributed by atoms with Gasteiger partial charge in [-0.15, -0.1) is 11.3 Å². The third-order valence-corrected chi connectivity index (χ3v) is 5.82. The van der Waals surface area contributed by atoms with E-state index in [4.69, 9.17) is 0 Å². The van der Waals surface area contributed by atoms with Gasteiger partial charge in [0.25, 0.3) is 0 Å². The minimum atomic E-state index is -0.0438. The summed E-state index contributed by atoms with van der Waals surface area (Å²) in [6.07, 6.45) is 0. The number of thiazole rings is 1. The molecule has 1 N–H and O–H groups in total. The monoisotopic (exact) mass is 368 g/mol. The van der Waals surface area contributed by atoms with E-state index in [9.17, 15) is 4.79 Å². The summed E-state index contributed by atoms with van der Waals surface area (Å²) < 4.78 is 3.10. The normalized spacial score (nSPS) is 11.3. The van der Waals surface area contributed by atoms with E-state index in [0.717, 1.165) is 37.1 Å². The van der Waals surface area contributed by atoms with Crippen LogP contribution in [0.5, 0.6) is 0 Å². The number of hydrogen-bond acceptors (Lipinski definition) is 5. The Hall–Kier alpha value is -2.38. The minimum absolute atomic E-state index is 0.0438. The topological polar surface area (TPSA) is 59.8 Å². The van der Waals surface area contributed by atoms with Crippen LogP contribution in [0.1, 0.15) is 5.01 Å². The van der Waals surface area contributed by atoms with Crippen molar-refractivity contribution in [3.05, 3.63) is 47.5 Å². The lowest BCUT2D eigenvalue weighted by Crippen LogP contribution is -2.14. The first-order valence-corrected chi connectivity index (χ1v) is 9.62. The van der Waals surface area contributed by atoms with Gasteiger partial charge in [-0.1, -0.05) is 23.9 Å². The molecule has 0 spiro atoms. The molecule has 0 bridgehead atoms. The molecule has 4 rings (SSSR count). The fourth-order valence-electron chi connectivity index (χ4n) is 2.70. The Morgan fingerprint density at radius 3 is 2.88 bits per heavy atom. The van der Waals surface area contributed by atoms with Crippen molar-refractivity contribution < 1.29 is 4.79 Å². The van der Waals surface area contributed by atoms with Gasteiger partial charge in [-0.2, -0.15) is 0 Å². The van der Waals surface area contributed by atoms with Crippen molar-refractivity contribution in [2.75, 3.05) is 11.1 Å². The molecule has 0 aliphatic rings. The summed E-state index contributed by atoms with van der Waals surface area (Å²) in [5.74, 6) is 0.273. The number of aryl methyl sites for hydroxylation is 2. The zero-order chi connectivity index (χ0) is 17.4. The van der Waals surface area contributed by atoms with Gasteiger partial charge in [0.15, 0.2) is 5.16 Å². The number of hydrogen-bond donors (Lipinski definition) is 1. The number of carbonyl (C=O) groups is 1. The summed E-state index contributed by atoms with van der Waals surface area (Å²) in [6.45, 7) is 1.98. The number of amides is 1. The smallest absolute Gasteiger partial charge is 0.234 e. The molecule has 0 atom stereocenters. The van der Waals surface area contributed by atoms with Crippen LogP contribution in [0.2, 0.25) is 0 Å². The predicted octanol–water partition coefficient (Wildman–Crippen LogP) is 4.22. The Morgan fingerprint density at radius 1 is 1.20 bits per heavy atom. The van der Waals surface area contributed by atoms with Crippen LogP contribution in [0.25, 0.3) is 21.3 Å². The molecule has 5 nitrogen and oxygen atoms in total. The fourth-order valence-corrected chi connectivity index (χ4v) is 4.35. The summed E-state index contributed by atoms with van der Waals surface area (Å²) in [5, 5.41) is 4.81. The van der Waals surface area contributed by atoms with Crippen molar-refractivity contribution in [2.45, 2.75) is 12.1 Å². The summed E-state index contributed by atoms with van der Waals surface area (Å²) in [6, 6.07) is 13.8. The lowest BCUT2D eigenvalue weighted by molar-refractivity contribution is -0.113. The van der Waals surface area contributed by atoms with E-state index < -0.39 is 0 Å². The Kier molecular flexibility index (Phi) is 4.19. The maximum Gasteiger partial charge on any atom is 0.234 e. The molecular weight excluding hydrogens is 352 g/mol. The molecule has 25 heavy (non-hydrogen) atoms. The Morgan fingerprint density at radius 2 is 2.04 bits per heavy atom. The van der Waals surface area contributed by atoms with Crippen molar-refractivity contribution in [2.24, 2.45) is 7.05 Å². The van der Waals surface area contributed by atoms with Crippen LogP contribution < -0.4 is 5.32 Å². The number of carbonyl (C=O) groups excluding carboxylic acids is 1. The molecule has 0 fully saturated rings. The van der Waals surface area contributed by atoms with Gasteiger partial charge in [0.05, 0.1) is 32.0 Å². The number of rotatable bonds is 4. The molecule has 2 aromatic heterocycles. The van der Waals surface area contributed by atoms with E-state index in [1.54, 1.807) is 11.3 Å². The van der Waals surface area contributed by atoms with E-state index in [1.807, 2.05) is 61.0 Å². The number of nitrogens with one attached hydrogen (secondary N) is 1. The molecule has 0 saturated heterocycles. The second-order valence-electron chi connectivity index (χ2n) is 5.69. The highest BCUT2D eigenvalue weighted by molar-refractivity contribution is 7.99. The second-order valence-corrected chi connectivity index (χ2v) is 7.87. The molecule has 0 saturated carbocycles. The predicted molar refractivity (Wildman–Crippen MR) is 104 cm³/mol. The molecule has 2 heterocycles. The average molecular weight is 368 g/mol. The molecule has 4 aromatic rings. The zero-order valence-electron chi connectivity index (χ0n) is 13.8. The summed E-state index contributed by atoms with van der Waals surface area (Å²) >= 11 is 3.06. The van der Waals surface area contributed by atoms with Gasteiger partial charge in [0, 0.05) is 12.7 Å². The van der Waals surface area contributed by atoms with E-state index >= 15 is 0 Å². The molecule has 0 radical (unpaired) electrons. The highest BCUT2D eigenvalue weighted by Gasteiger charge is 2.11. The van der Waals surface area contributed by atoms with E-state index in [-0.39, 0.29) is 5.91 Å². The first kappa shape index (κ1) is 16.1. The number of imidazole rings is 1. The summed E-state index contributed by atoms with van der Waals surface area (Å²) in [4.78, 5) is 21.3. The molecule has 0 unspecified atom stereocenters. The minimum Gasteiger partial charge on any atom is -0.325 e. The van der Waals surface area contributed by atoms with Gasteiger partial charge in [-0.25, -0.2) is 9.97 Å². The van der Waals surface area contributed by atoms with Crippen LogP contribution >= 0.6 is 23.1 Å².